The second-order valence-corrected chi connectivity index (χ2v) is 11.1. The van der Waals surface area contributed by atoms with Crippen LogP contribution < -0.4 is 19.5 Å². The Labute approximate surface area is 268 Å². The molecular formula is C33H42N2O11. The number of aromatic nitrogens is 1. The normalized spacial score (nSPS) is 21.9. The Kier molecular flexibility index (Phi) is 13.0. The van der Waals surface area contributed by atoms with Crippen molar-refractivity contribution < 1.29 is 52.3 Å². The van der Waals surface area contributed by atoms with Crippen molar-refractivity contribution in [3.05, 3.63) is 48.3 Å². The summed E-state index contributed by atoms with van der Waals surface area (Å²) in [5.41, 5.74) is -0.186. The number of methoxy groups -OCH3 is 1. The minimum absolute atomic E-state index is 0.0771. The zero-order valence-electron chi connectivity index (χ0n) is 26.4. The number of nitrogens with one attached hydrogen (secondary N) is 1. The lowest BCUT2D eigenvalue weighted by Gasteiger charge is -2.31. The summed E-state index contributed by atoms with van der Waals surface area (Å²) in [4.78, 5) is 55.9. The van der Waals surface area contributed by atoms with Gasteiger partial charge >= 0.3 is 17.9 Å². The van der Waals surface area contributed by atoms with Crippen LogP contribution in [0.15, 0.2) is 42.6 Å². The molecule has 2 aromatic rings. The second kappa shape index (κ2) is 17.3. The van der Waals surface area contributed by atoms with E-state index in [2.05, 4.69) is 10.3 Å². The quantitative estimate of drug-likeness (QED) is 0.192. The molecule has 13 heteroatoms. The molecule has 0 spiro atoms. The van der Waals surface area contributed by atoms with Gasteiger partial charge in [0.15, 0.2) is 23.3 Å². The highest BCUT2D eigenvalue weighted by molar-refractivity contribution is 5.98. The van der Waals surface area contributed by atoms with Crippen LogP contribution in [0.1, 0.15) is 69.3 Å². The number of para-hydroxylation sites is 1. The van der Waals surface area contributed by atoms with Crippen molar-refractivity contribution in [3.63, 3.8) is 0 Å². The molecule has 46 heavy (non-hydrogen) atoms. The highest BCUT2D eigenvalue weighted by Gasteiger charge is 2.40. The number of carbonyl (C=O) groups excluding carboxylic acids is 4. The summed E-state index contributed by atoms with van der Waals surface area (Å²) in [5.74, 6) is -1.91. The van der Waals surface area contributed by atoms with E-state index in [0.29, 0.717) is 25.2 Å². The number of rotatable bonds is 13. The monoisotopic (exact) mass is 642 g/mol. The average Bonchev–Trinajstić information content (AvgIpc) is 3.61. The van der Waals surface area contributed by atoms with E-state index in [9.17, 15) is 19.2 Å². The summed E-state index contributed by atoms with van der Waals surface area (Å²) in [6, 6.07) is 9.59. The molecule has 13 nitrogen and oxygen atoms in total. The summed E-state index contributed by atoms with van der Waals surface area (Å²) in [5, 5.41) is 2.70. The minimum atomic E-state index is -1.05. The number of cyclic esters (lactones) is 1. The van der Waals surface area contributed by atoms with E-state index in [4.69, 9.17) is 33.2 Å². The van der Waals surface area contributed by atoms with Crippen molar-refractivity contribution >= 4 is 23.8 Å². The molecular weight excluding hydrogens is 600 g/mol. The Morgan fingerprint density at radius 2 is 1.78 bits per heavy atom. The van der Waals surface area contributed by atoms with Crippen LogP contribution in [-0.4, -0.2) is 80.3 Å². The first-order valence-electron chi connectivity index (χ1n) is 15.6. The molecule has 2 heterocycles. The van der Waals surface area contributed by atoms with Gasteiger partial charge in [-0.05, 0) is 58.1 Å². The number of ether oxygens (including phenoxy) is 7. The van der Waals surface area contributed by atoms with Gasteiger partial charge in [-0.25, -0.2) is 14.6 Å². The maximum Gasteiger partial charge on any atom is 0.334 e. The Bertz CT molecular complexity index is 1320. The predicted octanol–water partition coefficient (Wildman–Crippen LogP) is 3.77. The van der Waals surface area contributed by atoms with Crippen LogP contribution in [0.3, 0.4) is 0 Å². The van der Waals surface area contributed by atoms with Crippen molar-refractivity contribution in [2.45, 2.75) is 83.1 Å². The molecule has 2 aliphatic rings. The molecule has 0 radical (unpaired) electrons. The summed E-state index contributed by atoms with van der Waals surface area (Å²) < 4.78 is 39.0. The smallest absolute Gasteiger partial charge is 0.334 e. The molecule has 1 amide bonds. The molecule has 0 unspecified atom stereocenters. The molecule has 2 fully saturated rings. The summed E-state index contributed by atoms with van der Waals surface area (Å²) in [7, 11) is 1.38. The fourth-order valence-electron chi connectivity index (χ4n) is 5.43. The van der Waals surface area contributed by atoms with Crippen molar-refractivity contribution in [1.82, 2.24) is 10.3 Å². The number of nitrogens with zero attached hydrogens (tertiary/aromatic N) is 1. The zero-order chi connectivity index (χ0) is 32.9. The number of pyridine rings is 1. The predicted molar refractivity (Wildman–Crippen MR) is 162 cm³/mol. The Hall–Kier alpha value is -4.39. The fraction of sp³-hybridized carbons (Fsp3) is 0.545. The second-order valence-electron chi connectivity index (χ2n) is 11.1. The first-order chi connectivity index (χ1) is 22.3. The fourth-order valence-corrected chi connectivity index (χ4v) is 5.43. The van der Waals surface area contributed by atoms with Gasteiger partial charge in [0.2, 0.25) is 6.79 Å². The lowest BCUT2D eigenvalue weighted by Crippen LogP contribution is -2.47. The van der Waals surface area contributed by atoms with E-state index in [1.165, 1.54) is 19.4 Å². The maximum absolute atomic E-state index is 13.5. The van der Waals surface area contributed by atoms with E-state index in [1.807, 2.05) is 30.3 Å². The van der Waals surface area contributed by atoms with E-state index in [1.54, 1.807) is 13.8 Å². The molecule has 0 bridgehead atoms. The summed E-state index contributed by atoms with van der Waals surface area (Å²) >= 11 is 0. The molecule has 4 atom stereocenters. The van der Waals surface area contributed by atoms with Crippen LogP contribution >= 0.6 is 0 Å². The van der Waals surface area contributed by atoms with Gasteiger partial charge in [-0.2, -0.15) is 0 Å². The number of hydrogen-bond donors (Lipinski definition) is 1. The molecule has 1 saturated heterocycles. The Morgan fingerprint density at radius 3 is 2.50 bits per heavy atom. The van der Waals surface area contributed by atoms with Gasteiger partial charge in [0.05, 0.1) is 13.0 Å². The third kappa shape index (κ3) is 9.56. The lowest BCUT2D eigenvalue weighted by molar-refractivity contribution is -0.177. The Balaban J connectivity index is 1.48. The number of hydrogen-bond acceptors (Lipinski definition) is 12. The molecule has 1 aliphatic heterocycles. The van der Waals surface area contributed by atoms with Gasteiger partial charge in [-0.1, -0.05) is 31.0 Å². The number of benzene rings is 1. The third-order valence-electron chi connectivity index (χ3n) is 7.82. The van der Waals surface area contributed by atoms with Crippen LogP contribution in [0, 0.1) is 5.92 Å². The van der Waals surface area contributed by atoms with Crippen molar-refractivity contribution in [2.75, 3.05) is 27.1 Å². The molecule has 1 N–H and O–H groups in total. The highest BCUT2D eigenvalue weighted by atomic mass is 16.7. The summed E-state index contributed by atoms with van der Waals surface area (Å²) in [6.45, 7) is 2.95. The molecule has 1 aromatic heterocycles. The number of carbonyl (C=O) groups is 4. The van der Waals surface area contributed by atoms with Gasteiger partial charge in [-0.15, -0.1) is 0 Å². The first-order valence-corrected chi connectivity index (χ1v) is 15.6. The van der Waals surface area contributed by atoms with Crippen LogP contribution in [0.2, 0.25) is 0 Å². The maximum atomic E-state index is 13.5. The highest BCUT2D eigenvalue weighted by Crippen LogP contribution is 2.31. The van der Waals surface area contributed by atoms with Crippen molar-refractivity contribution in [1.29, 1.82) is 0 Å². The minimum Gasteiger partial charge on any atom is -0.493 e. The number of amides is 1. The van der Waals surface area contributed by atoms with Gasteiger partial charge in [0, 0.05) is 18.9 Å². The standard InChI is InChI=1S/C33H42N2O11/c1-4-41-19-27(36)42-20-43-30-25(40-3)17-18-34-28(30)31(37)35-24-15-10-16-26(45-23-13-6-5-7-14-23)29(21(2)44-33(24)39)46-32(38)22-11-8-9-12-22/h5-7,13-14,17-18,21-22,24,26,29H,4,8-12,15-16,19-20H2,1-3H3,(H,35,37)/t21-,24-,26-,29-/m0/s1. The van der Waals surface area contributed by atoms with Crippen LogP contribution in [0.4, 0.5) is 0 Å². The van der Waals surface area contributed by atoms with Crippen LogP contribution in [0.25, 0.3) is 0 Å². The van der Waals surface area contributed by atoms with Crippen molar-refractivity contribution in [2.24, 2.45) is 5.92 Å². The van der Waals surface area contributed by atoms with Gasteiger partial charge in [0.1, 0.15) is 30.6 Å². The van der Waals surface area contributed by atoms with Crippen molar-refractivity contribution in [3.8, 4) is 17.2 Å². The topological polar surface area (TPSA) is 158 Å². The molecule has 1 aliphatic carbocycles. The molecule has 250 valence electrons. The van der Waals surface area contributed by atoms with E-state index in [-0.39, 0.29) is 42.1 Å². The van der Waals surface area contributed by atoms with Crippen LogP contribution in [-0.2, 0) is 33.3 Å². The average molecular weight is 643 g/mol. The van der Waals surface area contributed by atoms with E-state index in [0.717, 1.165) is 25.7 Å². The Morgan fingerprint density at radius 1 is 1.02 bits per heavy atom. The van der Waals surface area contributed by atoms with E-state index < -0.39 is 49.0 Å². The lowest BCUT2D eigenvalue weighted by atomic mass is 10.0. The molecule has 1 aromatic carbocycles. The largest absolute Gasteiger partial charge is 0.493 e. The zero-order valence-corrected chi connectivity index (χ0v) is 26.4. The van der Waals surface area contributed by atoms with Gasteiger partial charge in [0.25, 0.3) is 5.91 Å². The molecule has 1 saturated carbocycles. The van der Waals surface area contributed by atoms with Gasteiger partial charge in [-0.3, -0.25) is 9.59 Å². The van der Waals surface area contributed by atoms with E-state index >= 15 is 0 Å². The third-order valence-corrected chi connectivity index (χ3v) is 7.82. The summed E-state index contributed by atoms with van der Waals surface area (Å²) in [6.07, 6.45) is 3.54. The SMILES string of the molecule is CCOCC(=O)OCOc1c(OC)ccnc1C(=O)N[C@H]1CCC[C@H](Oc2ccccc2)[C@@H](OC(=O)C2CCCC2)[C@H](C)OC1=O. The first kappa shape index (κ1) is 34.5. The number of esters is 3. The van der Waals surface area contributed by atoms with Crippen LogP contribution in [0.5, 0.6) is 17.2 Å². The van der Waals surface area contributed by atoms with Gasteiger partial charge < -0.3 is 38.5 Å². The molecule has 4 rings (SSSR count).